The summed E-state index contributed by atoms with van der Waals surface area (Å²) in [5.41, 5.74) is 0.386. The summed E-state index contributed by atoms with van der Waals surface area (Å²) in [4.78, 5) is 25.6. The number of carbonyl (C=O) groups is 2. The Morgan fingerprint density at radius 2 is 2.04 bits per heavy atom. The summed E-state index contributed by atoms with van der Waals surface area (Å²) < 4.78 is 25.5. The van der Waals surface area contributed by atoms with Gasteiger partial charge in [0.25, 0.3) is 0 Å². The predicted octanol–water partition coefficient (Wildman–Crippen LogP) is 1.06. The van der Waals surface area contributed by atoms with Gasteiger partial charge in [-0.15, -0.1) is 0 Å². The van der Waals surface area contributed by atoms with Gasteiger partial charge in [0.15, 0.2) is 0 Å². The van der Waals surface area contributed by atoms with Gasteiger partial charge in [-0.3, -0.25) is 14.5 Å². The minimum atomic E-state index is -3.59. The van der Waals surface area contributed by atoms with Crippen LogP contribution in [0.25, 0.3) is 0 Å². The maximum atomic E-state index is 12.5. The second-order valence-corrected chi connectivity index (χ2v) is 8.80. The van der Waals surface area contributed by atoms with Crippen molar-refractivity contribution in [2.24, 2.45) is 5.92 Å². The van der Waals surface area contributed by atoms with Gasteiger partial charge < -0.3 is 10.4 Å². The summed E-state index contributed by atoms with van der Waals surface area (Å²) in [5.74, 6) is -1.60. The Bertz CT molecular complexity index is 778. The highest BCUT2D eigenvalue weighted by Crippen LogP contribution is 2.21. The topological polar surface area (TPSA) is 107 Å². The van der Waals surface area contributed by atoms with Gasteiger partial charge in [-0.05, 0) is 44.5 Å². The highest BCUT2D eigenvalue weighted by Gasteiger charge is 2.30. The molecule has 8 nitrogen and oxygen atoms in total. The molecule has 1 saturated heterocycles. The number of nitrogens with one attached hydrogen (secondary N) is 1. The first-order valence-corrected chi connectivity index (χ1v) is 9.87. The van der Waals surface area contributed by atoms with Crippen molar-refractivity contribution in [3.05, 3.63) is 24.3 Å². The minimum absolute atomic E-state index is 0.0943. The lowest BCUT2D eigenvalue weighted by molar-refractivity contribution is -0.144. The van der Waals surface area contributed by atoms with Gasteiger partial charge in [0.2, 0.25) is 15.9 Å². The molecule has 2 atom stereocenters. The second-order valence-electron chi connectivity index (χ2n) is 6.65. The summed E-state index contributed by atoms with van der Waals surface area (Å²) in [6.07, 6.45) is 1.34. The molecule has 9 heteroatoms. The number of anilines is 1. The van der Waals surface area contributed by atoms with Crippen LogP contribution in [-0.2, 0) is 19.6 Å². The van der Waals surface area contributed by atoms with Crippen LogP contribution in [0.3, 0.4) is 0 Å². The van der Waals surface area contributed by atoms with Gasteiger partial charge in [0.1, 0.15) is 0 Å². The summed E-state index contributed by atoms with van der Waals surface area (Å²) >= 11 is 0. The van der Waals surface area contributed by atoms with E-state index in [2.05, 4.69) is 5.32 Å². The molecule has 0 aromatic heterocycles. The molecule has 1 aromatic rings. The molecule has 2 rings (SSSR count). The maximum absolute atomic E-state index is 12.5. The number of sulfonamides is 1. The van der Waals surface area contributed by atoms with Gasteiger partial charge in [-0.1, -0.05) is 6.07 Å². The molecule has 1 aliphatic heterocycles. The van der Waals surface area contributed by atoms with E-state index in [1.54, 1.807) is 19.1 Å². The number of nitrogens with zero attached hydrogens (tertiary/aromatic N) is 2. The van der Waals surface area contributed by atoms with E-state index >= 15 is 0 Å². The Morgan fingerprint density at radius 3 is 2.65 bits per heavy atom. The number of hydrogen-bond acceptors (Lipinski definition) is 5. The van der Waals surface area contributed by atoms with Crippen molar-refractivity contribution in [2.45, 2.75) is 30.7 Å². The van der Waals surface area contributed by atoms with E-state index in [0.29, 0.717) is 25.2 Å². The van der Waals surface area contributed by atoms with Gasteiger partial charge in [0, 0.05) is 26.3 Å². The minimum Gasteiger partial charge on any atom is -0.481 e. The molecule has 1 heterocycles. The number of likely N-dealkylation sites (tertiary alicyclic amines) is 1. The quantitative estimate of drug-likeness (QED) is 0.761. The Kier molecular flexibility index (Phi) is 6.38. The molecule has 2 N–H and O–H groups in total. The Morgan fingerprint density at radius 1 is 1.35 bits per heavy atom. The van der Waals surface area contributed by atoms with Crippen molar-refractivity contribution in [2.75, 3.05) is 32.5 Å². The number of benzene rings is 1. The smallest absolute Gasteiger partial charge is 0.307 e. The number of rotatable bonds is 6. The van der Waals surface area contributed by atoms with Gasteiger partial charge in [-0.2, -0.15) is 0 Å². The van der Waals surface area contributed by atoms with E-state index in [-0.39, 0.29) is 10.8 Å². The summed E-state index contributed by atoms with van der Waals surface area (Å²) in [6.45, 7) is 2.71. The number of aliphatic carboxylic acids is 1. The lowest BCUT2D eigenvalue weighted by Crippen LogP contribution is -2.48. The first-order valence-electron chi connectivity index (χ1n) is 8.43. The SMILES string of the molecule is CC(C(=O)Nc1cccc(S(=O)(=O)N(C)C)c1)N1CCCC(C(=O)O)C1. The Labute approximate surface area is 153 Å². The number of carboxylic acids is 1. The predicted molar refractivity (Wildman–Crippen MR) is 97.3 cm³/mol. The third-order valence-corrected chi connectivity index (χ3v) is 6.42. The van der Waals surface area contributed by atoms with Gasteiger partial charge in [-0.25, -0.2) is 12.7 Å². The van der Waals surface area contributed by atoms with Crippen molar-refractivity contribution in [1.29, 1.82) is 0 Å². The van der Waals surface area contributed by atoms with Gasteiger partial charge in [0.05, 0.1) is 16.9 Å². The second kappa shape index (κ2) is 8.15. The number of carboxylic acid groups (broad SMARTS) is 1. The highest BCUT2D eigenvalue weighted by atomic mass is 32.2. The molecule has 0 aliphatic carbocycles. The van der Waals surface area contributed by atoms with Crippen LogP contribution in [0.2, 0.25) is 0 Å². The Balaban J connectivity index is 2.09. The van der Waals surface area contributed by atoms with Crippen LogP contribution in [0.4, 0.5) is 5.69 Å². The van der Waals surface area contributed by atoms with E-state index in [0.717, 1.165) is 10.7 Å². The number of hydrogen-bond donors (Lipinski definition) is 2. The van der Waals surface area contributed by atoms with Crippen molar-refractivity contribution in [3.8, 4) is 0 Å². The van der Waals surface area contributed by atoms with E-state index in [1.807, 2.05) is 4.90 Å². The number of amides is 1. The van der Waals surface area contributed by atoms with Crippen molar-refractivity contribution < 1.29 is 23.1 Å². The van der Waals surface area contributed by atoms with Crippen LogP contribution in [0.15, 0.2) is 29.2 Å². The van der Waals surface area contributed by atoms with E-state index < -0.39 is 28.0 Å². The van der Waals surface area contributed by atoms with E-state index in [4.69, 9.17) is 0 Å². The molecule has 1 aliphatic rings. The van der Waals surface area contributed by atoms with Crippen LogP contribution in [0.5, 0.6) is 0 Å². The third kappa shape index (κ3) is 4.60. The van der Waals surface area contributed by atoms with Crippen LogP contribution in [0, 0.1) is 5.92 Å². The molecule has 144 valence electrons. The van der Waals surface area contributed by atoms with Gasteiger partial charge >= 0.3 is 5.97 Å². The summed E-state index contributed by atoms with van der Waals surface area (Å²) in [6, 6.07) is 5.56. The lowest BCUT2D eigenvalue weighted by Gasteiger charge is -2.34. The van der Waals surface area contributed by atoms with Crippen molar-refractivity contribution in [1.82, 2.24) is 9.21 Å². The maximum Gasteiger partial charge on any atom is 0.307 e. The van der Waals surface area contributed by atoms with Crippen LogP contribution < -0.4 is 5.32 Å². The molecular formula is C17H25N3O5S. The molecule has 1 aromatic carbocycles. The lowest BCUT2D eigenvalue weighted by atomic mass is 9.97. The molecule has 26 heavy (non-hydrogen) atoms. The molecule has 1 amide bonds. The highest BCUT2D eigenvalue weighted by molar-refractivity contribution is 7.89. The van der Waals surface area contributed by atoms with E-state index in [9.17, 15) is 23.1 Å². The molecular weight excluding hydrogens is 358 g/mol. The van der Waals surface area contributed by atoms with Crippen LogP contribution in [0.1, 0.15) is 19.8 Å². The fraction of sp³-hybridized carbons (Fsp3) is 0.529. The first-order chi connectivity index (χ1) is 12.1. The van der Waals surface area contributed by atoms with Crippen molar-refractivity contribution >= 4 is 27.6 Å². The first kappa shape index (κ1) is 20.3. The molecule has 0 bridgehead atoms. The molecule has 1 fully saturated rings. The molecule has 2 unspecified atom stereocenters. The number of piperidine rings is 1. The molecule has 0 spiro atoms. The largest absolute Gasteiger partial charge is 0.481 e. The Hall–Kier alpha value is -1.97. The fourth-order valence-electron chi connectivity index (χ4n) is 2.92. The average Bonchev–Trinajstić information content (AvgIpc) is 2.61. The molecule has 0 radical (unpaired) electrons. The summed E-state index contributed by atoms with van der Waals surface area (Å²) in [7, 11) is -0.702. The zero-order valence-corrected chi connectivity index (χ0v) is 16.0. The van der Waals surface area contributed by atoms with Crippen molar-refractivity contribution in [3.63, 3.8) is 0 Å². The fourth-order valence-corrected chi connectivity index (χ4v) is 3.87. The zero-order valence-electron chi connectivity index (χ0n) is 15.2. The summed E-state index contributed by atoms with van der Waals surface area (Å²) in [5, 5.41) is 11.9. The van der Waals surface area contributed by atoms with E-state index in [1.165, 1.54) is 26.2 Å². The van der Waals surface area contributed by atoms with Crippen LogP contribution >= 0.6 is 0 Å². The van der Waals surface area contributed by atoms with Crippen LogP contribution in [-0.4, -0.2) is 67.8 Å². The molecule has 0 saturated carbocycles. The normalized spacial score (nSPS) is 19.9. The average molecular weight is 383 g/mol. The standard InChI is InChI=1S/C17H25N3O5S/c1-12(20-9-5-6-13(11-20)17(22)23)16(21)18-14-7-4-8-15(10-14)26(24,25)19(2)3/h4,7-8,10,12-13H,5-6,9,11H2,1-3H3,(H,18,21)(H,22,23). The number of carbonyl (C=O) groups excluding carboxylic acids is 1. The zero-order chi connectivity index (χ0) is 19.5. The monoisotopic (exact) mass is 383 g/mol. The third-order valence-electron chi connectivity index (χ3n) is 4.61.